The lowest BCUT2D eigenvalue weighted by molar-refractivity contribution is -0.137. The maximum atomic E-state index is 12.7. The van der Waals surface area contributed by atoms with Gasteiger partial charge in [-0.2, -0.15) is 0 Å². The highest BCUT2D eigenvalue weighted by atomic mass is 16.2. The van der Waals surface area contributed by atoms with Crippen molar-refractivity contribution >= 4 is 23.8 Å². The van der Waals surface area contributed by atoms with Crippen LogP contribution < -0.4 is 16.0 Å². The molecule has 29 heavy (non-hydrogen) atoms. The summed E-state index contributed by atoms with van der Waals surface area (Å²) in [5.74, 6) is -0.959. The Morgan fingerprint density at radius 3 is 2.59 bits per heavy atom. The van der Waals surface area contributed by atoms with Gasteiger partial charge in [-0.15, -0.1) is 0 Å². The van der Waals surface area contributed by atoms with E-state index in [-0.39, 0.29) is 23.9 Å². The Bertz CT molecular complexity index is 847. The van der Waals surface area contributed by atoms with Gasteiger partial charge in [-0.3, -0.25) is 29.9 Å². The molecule has 8 nitrogen and oxygen atoms in total. The Hall–Kier alpha value is -2.74. The summed E-state index contributed by atoms with van der Waals surface area (Å²) in [6.45, 7) is 0.979. The number of hydrogen-bond acceptors (Lipinski definition) is 5. The molecule has 1 aliphatic carbocycles. The van der Waals surface area contributed by atoms with E-state index >= 15 is 0 Å². The number of imide groups is 2. The minimum absolute atomic E-state index is 0.126. The van der Waals surface area contributed by atoms with E-state index < -0.39 is 11.9 Å². The van der Waals surface area contributed by atoms with Crippen molar-refractivity contribution in [2.45, 2.75) is 70.1 Å². The molecule has 2 aliphatic heterocycles. The van der Waals surface area contributed by atoms with Crippen molar-refractivity contribution in [1.82, 2.24) is 20.9 Å². The topological polar surface area (TPSA) is 108 Å². The summed E-state index contributed by atoms with van der Waals surface area (Å²) in [6, 6.07) is 4.71. The Labute approximate surface area is 169 Å². The van der Waals surface area contributed by atoms with Gasteiger partial charge in [0.05, 0.1) is 6.04 Å². The zero-order valence-corrected chi connectivity index (χ0v) is 16.3. The van der Waals surface area contributed by atoms with Gasteiger partial charge in [0.15, 0.2) is 0 Å². The molecule has 1 atom stereocenters. The predicted molar refractivity (Wildman–Crippen MR) is 105 cm³/mol. The van der Waals surface area contributed by atoms with Crippen LogP contribution in [-0.4, -0.2) is 40.7 Å². The highest BCUT2D eigenvalue weighted by molar-refractivity contribution is 6.05. The number of urea groups is 1. The van der Waals surface area contributed by atoms with Crippen LogP contribution in [0.2, 0.25) is 0 Å². The van der Waals surface area contributed by atoms with E-state index in [9.17, 15) is 19.2 Å². The molecule has 0 spiro atoms. The summed E-state index contributed by atoms with van der Waals surface area (Å²) in [7, 11) is 0. The molecule has 2 heterocycles. The van der Waals surface area contributed by atoms with Crippen molar-refractivity contribution in [3.05, 3.63) is 34.9 Å². The number of amides is 5. The summed E-state index contributed by atoms with van der Waals surface area (Å²) in [4.78, 5) is 50.5. The van der Waals surface area contributed by atoms with Gasteiger partial charge in [0.1, 0.15) is 0 Å². The quantitative estimate of drug-likeness (QED) is 0.670. The molecular weight excluding hydrogens is 372 g/mol. The molecule has 154 valence electrons. The van der Waals surface area contributed by atoms with Crippen molar-refractivity contribution in [3.8, 4) is 0 Å². The molecule has 3 N–H and O–H groups in total. The molecular formula is C21H26N4O4. The third kappa shape index (κ3) is 4.32. The maximum Gasteiger partial charge on any atom is 0.321 e. The first-order valence-electron chi connectivity index (χ1n) is 10.3. The van der Waals surface area contributed by atoms with Crippen LogP contribution in [0.15, 0.2) is 18.2 Å². The molecule has 2 fully saturated rings. The summed E-state index contributed by atoms with van der Waals surface area (Å²) >= 11 is 0. The number of rotatable bonds is 3. The van der Waals surface area contributed by atoms with Gasteiger partial charge in [-0.1, -0.05) is 31.4 Å². The lowest BCUT2D eigenvalue weighted by Gasteiger charge is -2.29. The minimum Gasteiger partial charge on any atom is -0.335 e. The van der Waals surface area contributed by atoms with Gasteiger partial charge in [-0.05, 0) is 36.5 Å². The van der Waals surface area contributed by atoms with Crippen molar-refractivity contribution in [1.29, 1.82) is 0 Å². The van der Waals surface area contributed by atoms with Crippen LogP contribution in [0.4, 0.5) is 4.79 Å². The van der Waals surface area contributed by atoms with E-state index in [1.54, 1.807) is 12.1 Å². The lowest BCUT2D eigenvalue weighted by atomic mass is 9.96. The van der Waals surface area contributed by atoms with E-state index in [0.29, 0.717) is 31.5 Å². The molecule has 3 aliphatic rings. The van der Waals surface area contributed by atoms with Gasteiger partial charge in [-0.25, -0.2) is 4.79 Å². The zero-order valence-electron chi connectivity index (χ0n) is 16.3. The minimum atomic E-state index is -0.459. The van der Waals surface area contributed by atoms with E-state index in [4.69, 9.17) is 0 Å². The number of piperidine rings is 1. The summed E-state index contributed by atoms with van der Waals surface area (Å²) in [5.41, 5.74) is 2.26. The van der Waals surface area contributed by atoms with E-state index in [1.807, 2.05) is 11.0 Å². The number of nitrogens with one attached hydrogen (secondary N) is 3. The largest absolute Gasteiger partial charge is 0.335 e. The first-order valence-corrected chi connectivity index (χ1v) is 10.3. The molecule has 0 radical (unpaired) electrons. The number of carbonyl (C=O) groups excluding carboxylic acids is 4. The average Bonchev–Trinajstić information content (AvgIpc) is 3.12. The van der Waals surface area contributed by atoms with E-state index in [1.165, 1.54) is 6.42 Å². The highest BCUT2D eigenvalue weighted by Gasteiger charge is 2.36. The van der Waals surface area contributed by atoms with Crippen LogP contribution in [0, 0.1) is 0 Å². The van der Waals surface area contributed by atoms with Crippen LogP contribution in [0.3, 0.4) is 0 Å². The highest BCUT2D eigenvalue weighted by Crippen LogP contribution is 2.29. The first-order chi connectivity index (χ1) is 14.0. The molecule has 0 bridgehead atoms. The average molecular weight is 398 g/mol. The third-order valence-corrected chi connectivity index (χ3v) is 6.07. The Morgan fingerprint density at radius 2 is 1.83 bits per heavy atom. The van der Waals surface area contributed by atoms with Gasteiger partial charge in [0, 0.05) is 31.1 Å². The Morgan fingerprint density at radius 1 is 1.03 bits per heavy atom. The Kier molecular flexibility index (Phi) is 5.62. The fourth-order valence-electron chi connectivity index (χ4n) is 4.55. The monoisotopic (exact) mass is 398 g/mol. The maximum absolute atomic E-state index is 12.7. The van der Waals surface area contributed by atoms with Crippen LogP contribution in [-0.2, 0) is 22.7 Å². The molecule has 1 aromatic rings. The lowest BCUT2D eigenvalue weighted by Crippen LogP contribution is -2.50. The van der Waals surface area contributed by atoms with Gasteiger partial charge in [0.2, 0.25) is 11.8 Å². The van der Waals surface area contributed by atoms with Gasteiger partial charge < -0.3 is 5.32 Å². The summed E-state index contributed by atoms with van der Waals surface area (Å²) < 4.78 is 0. The first kappa shape index (κ1) is 19.6. The summed E-state index contributed by atoms with van der Waals surface area (Å²) in [6.07, 6.45) is 6.08. The van der Waals surface area contributed by atoms with Crippen molar-refractivity contribution in [3.63, 3.8) is 0 Å². The molecule has 0 aromatic heterocycles. The van der Waals surface area contributed by atoms with Crippen LogP contribution >= 0.6 is 0 Å². The SMILES string of the molecule is O=C1CCC(N2Cc3cccc(C(=O)NC(=O)NC4CCCCC4)c3C2)C(=O)N1. The fraction of sp³-hybridized carbons (Fsp3) is 0.524. The van der Waals surface area contributed by atoms with Crippen molar-refractivity contribution < 1.29 is 19.2 Å². The smallest absolute Gasteiger partial charge is 0.321 e. The van der Waals surface area contributed by atoms with E-state index in [2.05, 4.69) is 16.0 Å². The molecule has 1 unspecified atom stereocenters. The molecule has 1 saturated heterocycles. The molecule has 4 rings (SSSR count). The number of nitrogens with zero attached hydrogens (tertiary/aromatic N) is 1. The number of carbonyl (C=O) groups is 4. The molecule has 1 saturated carbocycles. The Balaban J connectivity index is 1.41. The second-order valence-corrected chi connectivity index (χ2v) is 8.08. The second-order valence-electron chi connectivity index (χ2n) is 8.08. The zero-order chi connectivity index (χ0) is 20.4. The number of hydrogen-bond donors (Lipinski definition) is 3. The normalized spacial score (nSPS) is 22.7. The predicted octanol–water partition coefficient (Wildman–Crippen LogP) is 1.58. The van der Waals surface area contributed by atoms with Crippen molar-refractivity contribution in [2.75, 3.05) is 0 Å². The van der Waals surface area contributed by atoms with Crippen LogP contribution in [0.25, 0.3) is 0 Å². The summed E-state index contributed by atoms with van der Waals surface area (Å²) in [5, 5.41) is 7.73. The van der Waals surface area contributed by atoms with Gasteiger partial charge in [0.25, 0.3) is 5.91 Å². The number of fused-ring (bicyclic) bond motifs is 1. The molecule has 1 aromatic carbocycles. The standard InChI is InChI=1S/C21H26N4O4/c26-18-10-9-17(20(28)23-18)25-11-13-5-4-8-15(16(13)12-25)19(27)24-21(29)22-14-6-2-1-3-7-14/h4-5,8,14,17H,1-3,6-7,9-12H2,(H,23,26,28)(H2,22,24,27,29). The number of benzene rings is 1. The van der Waals surface area contributed by atoms with Crippen LogP contribution in [0.1, 0.15) is 66.4 Å². The second kappa shape index (κ2) is 8.32. The van der Waals surface area contributed by atoms with Gasteiger partial charge >= 0.3 is 6.03 Å². The third-order valence-electron chi connectivity index (χ3n) is 6.07. The van der Waals surface area contributed by atoms with E-state index in [0.717, 1.165) is 36.8 Å². The van der Waals surface area contributed by atoms with Crippen molar-refractivity contribution in [2.24, 2.45) is 0 Å². The fourth-order valence-corrected chi connectivity index (χ4v) is 4.55. The molecule has 5 amide bonds. The molecule has 8 heteroatoms. The van der Waals surface area contributed by atoms with Crippen LogP contribution in [0.5, 0.6) is 0 Å².